The molecule has 20 heavy (non-hydrogen) atoms. The topological polar surface area (TPSA) is 43.8 Å². The van der Waals surface area contributed by atoms with Crippen LogP contribution < -0.4 is 0 Å². The van der Waals surface area contributed by atoms with E-state index >= 15 is 0 Å². The van der Waals surface area contributed by atoms with Crippen molar-refractivity contribution in [3.8, 4) is 0 Å². The monoisotopic (exact) mass is 294 g/mol. The standard InChI is InChI=1S/C15H22N2O2S/c1-10-11(7-14(20-10)15(18)19)8-17-6-5-12-3-4-13(9-17)16(12)2/h7,12-13H,3-6,8-9H2,1-2H3,(H,18,19). The molecule has 3 heterocycles. The maximum absolute atomic E-state index is 11.1. The number of aromatic carboxylic acids is 1. The van der Waals surface area contributed by atoms with Gasteiger partial charge in [-0.25, -0.2) is 4.79 Å². The fourth-order valence-corrected chi connectivity index (χ4v) is 4.42. The van der Waals surface area contributed by atoms with Crippen molar-refractivity contribution in [2.75, 3.05) is 20.1 Å². The van der Waals surface area contributed by atoms with Crippen molar-refractivity contribution in [3.05, 3.63) is 21.4 Å². The Labute approximate surface area is 124 Å². The maximum Gasteiger partial charge on any atom is 0.345 e. The third-order valence-corrected chi connectivity index (χ3v) is 5.94. The summed E-state index contributed by atoms with van der Waals surface area (Å²) in [5.74, 6) is -0.806. The molecule has 2 atom stereocenters. The van der Waals surface area contributed by atoms with Crippen LogP contribution >= 0.6 is 11.3 Å². The summed E-state index contributed by atoms with van der Waals surface area (Å²) in [5, 5.41) is 9.08. The van der Waals surface area contributed by atoms with Crippen molar-refractivity contribution in [3.63, 3.8) is 0 Å². The molecule has 0 aliphatic carbocycles. The molecule has 2 saturated heterocycles. The van der Waals surface area contributed by atoms with Gasteiger partial charge in [0.05, 0.1) is 0 Å². The van der Waals surface area contributed by atoms with Gasteiger partial charge in [-0.2, -0.15) is 0 Å². The van der Waals surface area contributed by atoms with Crippen molar-refractivity contribution < 1.29 is 9.90 Å². The number of aryl methyl sites for hydroxylation is 1. The average molecular weight is 294 g/mol. The van der Waals surface area contributed by atoms with Gasteiger partial charge in [0.1, 0.15) is 4.88 Å². The number of carboxylic acid groups (broad SMARTS) is 1. The van der Waals surface area contributed by atoms with E-state index in [1.807, 2.05) is 13.0 Å². The van der Waals surface area contributed by atoms with Gasteiger partial charge in [0, 0.05) is 36.6 Å². The number of likely N-dealkylation sites (tertiary alicyclic amines) is 1. The number of thiophene rings is 1. The van der Waals surface area contributed by atoms with Gasteiger partial charge in [-0.3, -0.25) is 9.80 Å². The molecule has 2 unspecified atom stereocenters. The molecule has 5 heteroatoms. The molecule has 0 saturated carbocycles. The highest BCUT2D eigenvalue weighted by Crippen LogP contribution is 2.30. The fraction of sp³-hybridized carbons (Fsp3) is 0.667. The molecule has 0 aromatic carbocycles. The molecule has 110 valence electrons. The third kappa shape index (κ3) is 2.62. The molecule has 2 bridgehead atoms. The van der Waals surface area contributed by atoms with Crippen LogP contribution in [0.2, 0.25) is 0 Å². The molecule has 4 nitrogen and oxygen atoms in total. The Kier molecular flexibility index (Phi) is 3.84. The van der Waals surface area contributed by atoms with E-state index in [1.165, 1.54) is 36.2 Å². The van der Waals surface area contributed by atoms with E-state index in [4.69, 9.17) is 5.11 Å². The SMILES string of the molecule is Cc1sc(C(=O)O)cc1CN1CCC2CCC(C1)N2C. The molecule has 1 aromatic heterocycles. The molecule has 0 spiro atoms. The summed E-state index contributed by atoms with van der Waals surface area (Å²) in [6, 6.07) is 3.29. The van der Waals surface area contributed by atoms with Crippen LogP contribution in [-0.4, -0.2) is 53.1 Å². The van der Waals surface area contributed by atoms with Crippen molar-refractivity contribution in [1.29, 1.82) is 0 Å². The summed E-state index contributed by atoms with van der Waals surface area (Å²) >= 11 is 1.40. The predicted octanol–water partition coefficient (Wildman–Crippen LogP) is 2.42. The largest absolute Gasteiger partial charge is 0.477 e. The molecule has 2 aliphatic heterocycles. The number of nitrogens with zero attached hydrogens (tertiary/aromatic N) is 2. The Bertz CT molecular complexity index is 514. The summed E-state index contributed by atoms with van der Waals surface area (Å²) in [6.07, 6.45) is 3.89. The Morgan fingerprint density at radius 3 is 2.85 bits per heavy atom. The van der Waals surface area contributed by atoms with Gasteiger partial charge >= 0.3 is 5.97 Å². The van der Waals surface area contributed by atoms with Gasteiger partial charge in [0.25, 0.3) is 0 Å². The molecule has 0 amide bonds. The molecule has 1 aromatic rings. The van der Waals surface area contributed by atoms with Crippen LogP contribution in [0.5, 0.6) is 0 Å². The Morgan fingerprint density at radius 1 is 1.40 bits per heavy atom. The van der Waals surface area contributed by atoms with E-state index < -0.39 is 5.97 Å². The van der Waals surface area contributed by atoms with E-state index in [9.17, 15) is 4.79 Å². The smallest absolute Gasteiger partial charge is 0.345 e. The quantitative estimate of drug-likeness (QED) is 0.930. The zero-order valence-electron chi connectivity index (χ0n) is 12.1. The second kappa shape index (κ2) is 5.47. The molecule has 3 rings (SSSR count). The summed E-state index contributed by atoms with van der Waals surface area (Å²) in [6.45, 7) is 5.17. The molecule has 2 fully saturated rings. The van der Waals surface area contributed by atoms with E-state index in [0.29, 0.717) is 10.9 Å². The number of hydrogen-bond donors (Lipinski definition) is 1. The lowest BCUT2D eigenvalue weighted by molar-refractivity contribution is 0.0702. The molecule has 0 radical (unpaired) electrons. The Balaban J connectivity index is 1.70. The average Bonchev–Trinajstić information content (AvgIpc) is 2.85. The number of hydrogen-bond acceptors (Lipinski definition) is 4. The van der Waals surface area contributed by atoms with Gasteiger partial charge in [-0.15, -0.1) is 11.3 Å². The van der Waals surface area contributed by atoms with Crippen LogP contribution in [0.3, 0.4) is 0 Å². The Morgan fingerprint density at radius 2 is 2.15 bits per heavy atom. The first-order valence-corrected chi connectivity index (χ1v) is 8.13. The second-order valence-corrected chi connectivity index (χ2v) is 7.33. The minimum atomic E-state index is -0.806. The second-order valence-electron chi connectivity index (χ2n) is 6.07. The van der Waals surface area contributed by atoms with E-state index in [0.717, 1.165) is 30.6 Å². The zero-order chi connectivity index (χ0) is 14.3. The van der Waals surface area contributed by atoms with Gasteiger partial charge < -0.3 is 5.11 Å². The van der Waals surface area contributed by atoms with Crippen LogP contribution in [0.1, 0.15) is 39.4 Å². The van der Waals surface area contributed by atoms with Crippen molar-refractivity contribution in [1.82, 2.24) is 9.80 Å². The highest BCUT2D eigenvalue weighted by Gasteiger charge is 2.34. The van der Waals surface area contributed by atoms with E-state index in [2.05, 4.69) is 16.8 Å². The number of rotatable bonds is 3. The molecular weight excluding hydrogens is 272 g/mol. The summed E-state index contributed by atoms with van der Waals surface area (Å²) in [7, 11) is 2.25. The van der Waals surface area contributed by atoms with Gasteiger partial charge in [-0.05, 0) is 44.9 Å². The first kappa shape index (κ1) is 14.0. The highest BCUT2D eigenvalue weighted by molar-refractivity contribution is 7.14. The molecule has 2 aliphatic rings. The van der Waals surface area contributed by atoms with Crippen LogP contribution in [0.4, 0.5) is 0 Å². The van der Waals surface area contributed by atoms with Crippen molar-refractivity contribution >= 4 is 17.3 Å². The lowest BCUT2D eigenvalue weighted by atomic mass is 10.1. The molecular formula is C15H22N2O2S. The summed E-state index contributed by atoms with van der Waals surface area (Å²) < 4.78 is 0. The van der Waals surface area contributed by atoms with Gasteiger partial charge in [0.15, 0.2) is 0 Å². The number of likely N-dealkylation sites (N-methyl/N-ethyl adjacent to an activating group) is 1. The number of carbonyl (C=O) groups is 1. The fourth-order valence-electron chi connectivity index (χ4n) is 3.55. The maximum atomic E-state index is 11.1. The van der Waals surface area contributed by atoms with Gasteiger partial charge in [-0.1, -0.05) is 0 Å². The first-order valence-electron chi connectivity index (χ1n) is 7.31. The van der Waals surface area contributed by atoms with Gasteiger partial charge in [0.2, 0.25) is 0 Å². The minimum Gasteiger partial charge on any atom is -0.477 e. The zero-order valence-corrected chi connectivity index (χ0v) is 12.9. The lowest BCUT2D eigenvalue weighted by Gasteiger charge is -2.25. The Hall–Kier alpha value is -0.910. The van der Waals surface area contributed by atoms with Crippen molar-refractivity contribution in [2.24, 2.45) is 0 Å². The predicted molar refractivity (Wildman–Crippen MR) is 80.5 cm³/mol. The van der Waals surface area contributed by atoms with E-state index in [-0.39, 0.29) is 0 Å². The highest BCUT2D eigenvalue weighted by atomic mass is 32.1. The van der Waals surface area contributed by atoms with Crippen molar-refractivity contribution in [2.45, 2.75) is 44.8 Å². The summed E-state index contributed by atoms with van der Waals surface area (Å²) in [4.78, 5) is 17.7. The van der Waals surface area contributed by atoms with E-state index in [1.54, 1.807) is 0 Å². The first-order chi connectivity index (χ1) is 9.54. The summed E-state index contributed by atoms with van der Waals surface area (Å²) in [5.41, 5.74) is 1.19. The van der Waals surface area contributed by atoms with Crippen LogP contribution in [-0.2, 0) is 6.54 Å². The normalized spacial score (nSPS) is 27.7. The minimum absolute atomic E-state index is 0.464. The number of carboxylic acids is 1. The number of fused-ring (bicyclic) bond motifs is 2. The van der Waals surface area contributed by atoms with Crippen LogP contribution in [0, 0.1) is 6.92 Å². The third-order valence-electron chi connectivity index (χ3n) is 4.86. The lowest BCUT2D eigenvalue weighted by Crippen LogP contribution is -2.36. The molecule has 1 N–H and O–H groups in total. The van der Waals surface area contributed by atoms with Crippen LogP contribution in [0.25, 0.3) is 0 Å². The van der Waals surface area contributed by atoms with Crippen LogP contribution in [0.15, 0.2) is 6.07 Å².